The Kier molecular flexibility index (Phi) is 5.06. The van der Waals surface area contributed by atoms with E-state index in [0.717, 1.165) is 6.07 Å². The maximum absolute atomic E-state index is 13.7. The van der Waals surface area contributed by atoms with Gasteiger partial charge in [0, 0.05) is 18.0 Å². The van der Waals surface area contributed by atoms with Gasteiger partial charge in [0.15, 0.2) is 0 Å². The summed E-state index contributed by atoms with van der Waals surface area (Å²) in [5.74, 6) is -3.10. The highest BCUT2D eigenvalue weighted by Gasteiger charge is 2.29. The van der Waals surface area contributed by atoms with E-state index in [1.807, 2.05) is 0 Å². The molecule has 0 aliphatic carbocycles. The van der Waals surface area contributed by atoms with E-state index in [-0.39, 0.29) is 18.4 Å². The molecule has 0 aromatic heterocycles. The van der Waals surface area contributed by atoms with Gasteiger partial charge in [0.05, 0.1) is 0 Å². The van der Waals surface area contributed by atoms with Crippen LogP contribution in [0.25, 0.3) is 0 Å². The zero-order valence-corrected chi connectivity index (χ0v) is 12.7. The zero-order chi connectivity index (χ0) is 16.4. The van der Waals surface area contributed by atoms with Gasteiger partial charge in [-0.3, -0.25) is 4.79 Å². The van der Waals surface area contributed by atoms with Crippen molar-refractivity contribution < 1.29 is 27.1 Å². The van der Waals surface area contributed by atoms with Gasteiger partial charge in [-0.1, -0.05) is 0 Å². The summed E-state index contributed by atoms with van der Waals surface area (Å²) in [6.07, 6.45) is -0.205. The first-order valence-corrected chi connectivity index (χ1v) is 7.64. The number of benzene rings is 1. The SMILES string of the molecule is Cc1cc(S(=O)(=O)NC(C)(C)CCC(=O)O)c(F)cc1F. The number of aryl methyl sites for hydroxylation is 1. The van der Waals surface area contributed by atoms with E-state index >= 15 is 0 Å². The molecule has 1 aromatic rings. The van der Waals surface area contributed by atoms with Crippen molar-refractivity contribution in [1.29, 1.82) is 0 Å². The Morgan fingerprint density at radius 3 is 2.38 bits per heavy atom. The van der Waals surface area contributed by atoms with E-state index in [2.05, 4.69) is 4.72 Å². The fraction of sp³-hybridized carbons (Fsp3) is 0.462. The number of nitrogens with one attached hydrogen (secondary N) is 1. The fourth-order valence-electron chi connectivity index (χ4n) is 1.73. The molecule has 118 valence electrons. The lowest BCUT2D eigenvalue weighted by atomic mass is 10.0. The van der Waals surface area contributed by atoms with Crippen LogP contribution in [0.1, 0.15) is 32.3 Å². The number of carboxylic acids is 1. The molecular weight excluding hydrogens is 304 g/mol. The van der Waals surface area contributed by atoms with Gasteiger partial charge < -0.3 is 5.11 Å². The average molecular weight is 321 g/mol. The van der Waals surface area contributed by atoms with Crippen molar-refractivity contribution in [3.05, 3.63) is 29.3 Å². The number of hydrogen-bond acceptors (Lipinski definition) is 3. The van der Waals surface area contributed by atoms with Gasteiger partial charge in [-0.25, -0.2) is 21.9 Å². The number of rotatable bonds is 6. The van der Waals surface area contributed by atoms with E-state index in [0.29, 0.717) is 6.07 Å². The van der Waals surface area contributed by atoms with E-state index in [9.17, 15) is 22.0 Å². The van der Waals surface area contributed by atoms with Gasteiger partial charge in [0.1, 0.15) is 16.5 Å². The number of sulfonamides is 1. The van der Waals surface area contributed by atoms with Crippen molar-refractivity contribution >= 4 is 16.0 Å². The Bertz CT molecular complexity index is 656. The largest absolute Gasteiger partial charge is 0.481 e. The predicted octanol–water partition coefficient (Wildman–Crippen LogP) is 2.19. The van der Waals surface area contributed by atoms with Crippen LogP contribution in [0.3, 0.4) is 0 Å². The Morgan fingerprint density at radius 1 is 1.29 bits per heavy atom. The van der Waals surface area contributed by atoms with Gasteiger partial charge in [-0.2, -0.15) is 0 Å². The highest BCUT2D eigenvalue weighted by molar-refractivity contribution is 7.89. The third kappa shape index (κ3) is 4.75. The minimum Gasteiger partial charge on any atom is -0.481 e. The molecule has 8 heteroatoms. The van der Waals surface area contributed by atoms with E-state index in [1.165, 1.54) is 20.8 Å². The second kappa shape index (κ2) is 6.07. The third-order valence-corrected chi connectivity index (χ3v) is 4.59. The van der Waals surface area contributed by atoms with Crippen LogP contribution in [0.5, 0.6) is 0 Å². The molecule has 0 fully saturated rings. The summed E-state index contributed by atoms with van der Waals surface area (Å²) in [5, 5.41) is 8.62. The topological polar surface area (TPSA) is 83.5 Å². The summed E-state index contributed by atoms with van der Waals surface area (Å²) in [4.78, 5) is 9.88. The monoisotopic (exact) mass is 321 g/mol. The second-order valence-electron chi connectivity index (χ2n) is 5.41. The maximum atomic E-state index is 13.7. The molecule has 1 rings (SSSR count). The summed E-state index contributed by atoms with van der Waals surface area (Å²) in [6.45, 7) is 4.30. The van der Waals surface area contributed by atoms with Gasteiger partial charge in [-0.05, 0) is 38.8 Å². The fourth-order valence-corrected chi connectivity index (χ4v) is 3.31. The van der Waals surface area contributed by atoms with Crippen LogP contribution < -0.4 is 4.72 Å². The summed E-state index contributed by atoms with van der Waals surface area (Å²) < 4.78 is 53.4. The number of carbonyl (C=O) groups is 1. The van der Waals surface area contributed by atoms with E-state index < -0.39 is 38.1 Å². The molecule has 5 nitrogen and oxygen atoms in total. The van der Waals surface area contributed by atoms with E-state index in [4.69, 9.17) is 5.11 Å². The highest BCUT2D eigenvalue weighted by atomic mass is 32.2. The minimum atomic E-state index is -4.22. The van der Waals surface area contributed by atoms with Gasteiger partial charge in [0.25, 0.3) is 0 Å². The maximum Gasteiger partial charge on any atom is 0.303 e. The van der Waals surface area contributed by atoms with Crippen LogP contribution in [0, 0.1) is 18.6 Å². The van der Waals surface area contributed by atoms with Crippen LogP contribution in [-0.4, -0.2) is 25.0 Å². The average Bonchev–Trinajstić information content (AvgIpc) is 2.30. The van der Waals surface area contributed by atoms with Crippen LogP contribution in [0.2, 0.25) is 0 Å². The molecule has 0 radical (unpaired) electrons. The Balaban J connectivity index is 3.07. The lowest BCUT2D eigenvalue weighted by Gasteiger charge is -2.25. The zero-order valence-electron chi connectivity index (χ0n) is 11.9. The standard InChI is InChI=1S/C13H17F2NO4S/c1-8-6-11(10(15)7-9(8)14)21(19,20)16-13(2,3)5-4-12(17)18/h6-7,16H,4-5H2,1-3H3,(H,17,18). The molecule has 21 heavy (non-hydrogen) atoms. The Morgan fingerprint density at radius 2 is 1.86 bits per heavy atom. The first-order valence-electron chi connectivity index (χ1n) is 6.16. The normalized spacial score (nSPS) is 12.4. The smallest absolute Gasteiger partial charge is 0.303 e. The lowest BCUT2D eigenvalue weighted by molar-refractivity contribution is -0.137. The molecule has 1 aromatic carbocycles. The number of aliphatic carboxylic acids is 1. The van der Waals surface area contributed by atoms with Crippen LogP contribution in [-0.2, 0) is 14.8 Å². The molecule has 0 saturated heterocycles. The molecule has 0 amide bonds. The number of halogens is 2. The Labute approximate surface area is 122 Å². The Hall–Kier alpha value is -1.54. The number of hydrogen-bond donors (Lipinski definition) is 2. The first kappa shape index (κ1) is 17.5. The van der Waals surface area contributed by atoms with Crippen molar-refractivity contribution in [2.75, 3.05) is 0 Å². The number of carboxylic acid groups (broad SMARTS) is 1. The quantitative estimate of drug-likeness (QED) is 0.841. The third-order valence-electron chi connectivity index (χ3n) is 2.88. The second-order valence-corrected chi connectivity index (χ2v) is 7.07. The van der Waals surface area contributed by atoms with E-state index in [1.54, 1.807) is 0 Å². The molecule has 0 heterocycles. The molecule has 2 N–H and O–H groups in total. The van der Waals surface area contributed by atoms with Crippen molar-refractivity contribution in [2.45, 2.75) is 44.0 Å². The lowest BCUT2D eigenvalue weighted by Crippen LogP contribution is -2.43. The predicted molar refractivity (Wildman–Crippen MR) is 72.4 cm³/mol. The molecule has 0 bridgehead atoms. The van der Waals surface area contributed by atoms with Crippen molar-refractivity contribution in [2.24, 2.45) is 0 Å². The minimum absolute atomic E-state index is 0.000108. The summed E-state index contributed by atoms with van der Waals surface area (Å²) in [7, 11) is -4.22. The molecule has 0 aliphatic rings. The van der Waals surface area contributed by atoms with Crippen LogP contribution in [0.15, 0.2) is 17.0 Å². The van der Waals surface area contributed by atoms with Crippen LogP contribution >= 0.6 is 0 Å². The summed E-state index contributed by atoms with van der Waals surface area (Å²) in [5.41, 5.74) is -1.08. The van der Waals surface area contributed by atoms with Gasteiger partial charge in [0.2, 0.25) is 10.0 Å². The van der Waals surface area contributed by atoms with Crippen molar-refractivity contribution in [1.82, 2.24) is 4.72 Å². The summed E-state index contributed by atoms with van der Waals surface area (Å²) in [6, 6.07) is 1.41. The first-order chi connectivity index (χ1) is 9.44. The van der Waals surface area contributed by atoms with Crippen molar-refractivity contribution in [3.63, 3.8) is 0 Å². The molecule has 0 aliphatic heterocycles. The van der Waals surface area contributed by atoms with Gasteiger partial charge in [-0.15, -0.1) is 0 Å². The molecule has 0 atom stereocenters. The molecule has 0 saturated carbocycles. The highest BCUT2D eigenvalue weighted by Crippen LogP contribution is 2.22. The van der Waals surface area contributed by atoms with Crippen LogP contribution in [0.4, 0.5) is 8.78 Å². The molecular formula is C13H17F2NO4S. The van der Waals surface area contributed by atoms with Crippen molar-refractivity contribution in [3.8, 4) is 0 Å². The molecule has 0 unspecified atom stereocenters. The molecule has 0 spiro atoms. The summed E-state index contributed by atoms with van der Waals surface area (Å²) >= 11 is 0. The van der Waals surface area contributed by atoms with Gasteiger partial charge >= 0.3 is 5.97 Å².